The summed E-state index contributed by atoms with van der Waals surface area (Å²) in [5.74, 6) is -0.143. The van der Waals surface area contributed by atoms with E-state index >= 15 is 0 Å². The molecule has 3 amide bonds. The smallest absolute Gasteiger partial charge is 0.321 e. The first-order chi connectivity index (χ1) is 12.4. The molecule has 4 saturated carbocycles. The van der Waals surface area contributed by atoms with Crippen LogP contribution in [0.25, 0.3) is 0 Å². The van der Waals surface area contributed by atoms with Crippen molar-refractivity contribution in [2.75, 3.05) is 11.9 Å². The quantitative estimate of drug-likeness (QED) is 0.770. The Morgan fingerprint density at radius 3 is 2.08 bits per heavy atom. The number of hydrogen-bond donors (Lipinski definition) is 3. The van der Waals surface area contributed by atoms with Crippen molar-refractivity contribution < 1.29 is 18.4 Å². The molecule has 4 aliphatic carbocycles. The molecule has 0 spiro atoms. The maximum absolute atomic E-state index is 13.5. The van der Waals surface area contributed by atoms with Crippen molar-refractivity contribution in [1.29, 1.82) is 0 Å². The van der Waals surface area contributed by atoms with Crippen molar-refractivity contribution >= 4 is 17.6 Å². The van der Waals surface area contributed by atoms with Gasteiger partial charge in [-0.15, -0.1) is 0 Å². The van der Waals surface area contributed by atoms with Gasteiger partial charge in [0, 0.05) is 5.54 Å². The van der Waals surface area contributed by atoms with Crippen molar-refractivity contribution in [3.63, 3.8) is 0 Å². The normalized spacial score (nSPS) is 31.5. The van der Waals surface area contributed by atoms with Gasteiger partial charge in [0.25, 0.3) is 0 Å². The number of rotatable bonds is 4. The predicted octanol–water partition coefficient (Wildman–Crippen LogP) is 3.17. The molecule has 0 atom stereocenters. The topological polar surface area (TPSA) is 70.2 Å². The van der Waals surface area contributed by atoms with Gasteiger partial charge < -0.3 is 10.6 Å². The number of benzene rings is 1. The largest absolute Gasteiger partial charge is 0.371 e. The molecule has 5 rings (SSSR count). The molecular formula is C19H23F2N3O2. The van der Waals surface area contributed by atoms with Gasteiger partial charge in [0.1, 0.15) is 17.3 Å². The Labute approximate surface area is 150 Å². The number of carbonyl (C=O) groups excluding carboxylic acids is 2. The van der Waals surface area contributed by atoms with E-state index in [1.165, 1.54) is 25.3 Å². The number of anilines is 1. The first kappa shape index (κ1) is 17.2. The Morgan fingerprint density at radius 1 is 1.00 bits per heavy atom. The van der Waals surface area contributed by atoms with Crippen LogP contribution in [-0.2, 0) is 4.79 Å². The first-order valence-corrected chi connectivity index (χ1v) is 9.22. The highest BCUT2D eigenvalue weighted by atomic mass is 19.1. The van der Waals surface area contributed by atoms with Crippen LogP contribution in [0.3, 0.4) is 0 Å². The molecule has 3 N–H and O–H groups in total. The van der Waals surface area contributed by atoms with Crippen LogP contribution >= 0.6 is 0 Å². The van der Waals surface area contributed by atoms with Crippen LogP contribution in [0.5, 0.6) is 0 Å². The zero-order valence-electron chi connectivity index (χ0n) is 14.5. The Morgan fingerprint density at radius 2 is 1.54 bits per heavy atom. The summed E-state index contributed by atoms with van der Waals surface area (Å²) in [7, 11) is 0. The van der Waals surface area contributed by atoms with Crippen LogP contribution in [0.1, 0.15) is 38.5 Å². The molecule has 0 radical (unpaired) electrons. The molecule has 4 bridgehead atoms. The van der Waals surface area contributed by atoms with E-state index in [1.807, 2.05) is 0 Å². The van der Waals surface area contributed by atoms with E-state index in [4.69, 9.17) is 0 Å². The van der Waals surface area contributed by atoms with E-state index in [0.29, 0.717) is 17.8 Å². The first-order valence-electron chi connectivity index (χ1n) is 9.22. The number of amides is 3. The van der Waals surface area contributed by atoms with E-state index in [-0.39, 0.29) is 17.8 Å². The van der Waals surface area contributed by atoms with Crippen LogP contribution in [0.2, 0.25) is 0 Å². The third kappa shape index (κ3) is 3.39. The van der Waals surface area contributed by atoms with Crippen molar-refractivity contribution in [3.8, 4) is 0 Å². The Kier molecular flexibility index (Phi) is 4.32. The second-order valence-electron chi connectivity index (χ2n) is 8.15. The van der Waals surface area contributed by atoms with Gasteiger partial charge in [-0.3, -0.25) is 10.1 Å². The molecule has 0 aromatic heterocycles. The summed E-state index contributed by atoms with van der Waals surface area (Å²) < 4.78 is 27.1. The molecule has 26 heavy (non-hydrogen) atoms. The molecule has 0 aliphatic heterocycles. The molecule has 0 heterocycles. The van der Waals surface area contributed by atoms with Crippen molar-refractivity contribution in [2.45, 2.75) is 44.1 Å². The van der Waals surface area contributed by atoms with Gasteiger partial charge >= 0.3 is 6.03 Å². The molecule has 140 valence electrons. The summed E-state index contributed by atoms with van der Waals surface area (Å²) >= 11 is 0. The third-order valence-corrected chi connectivity index (χ3v) is 6.06. The standard InChI is InChI=1S/C19H23F2N3O2/c20-14-2-1-3-15(21)17(14)22-10-16(25)23-18(26)24-19-7-11-4-12(8-19)6-13(5-11)9-19/h1-3,11-13,22H,4-10H2,(H2,23,24,25,26). The van der Waals surface area contributed by atoms with Crippen LogP contribution in [-0.4, -0.2) is 24.0 Å². The number of para-hydroxylation sites is 1. The highest BCUT2D eigenvalue weighted by molar-refractivity contribution is 5.96. The minimum absolute atomic E-state index is 0.190. The van der Waals surface area contributed by atoms with E-state index in [2.05, 4.69) is 16.0 Å². The lowest BCUT2D eigenvalue weighted by Gasteiger charge is -2.56. The lowest BCUT2D eigenvalue weighted by molar-refractivity contribution is -0.118. The highest BCUT2D eigenvalue weighted by Crippen LogP contribution is 2.55. The second kappa shape index (κ2) is 6.52. The lowest BCUT2D eigenvalue weighted by atomic mass is 9.53. The summed E-state index contributed by atoms with van der Waals surface area (Å²) in [6.45, 7) is -0.383. The van der Waals surface area contributed by atoms with Crippen molar-refractivity contribution in [1.82, 2.24) is 10.6 Å². The molecule has 7 heteroatoms. The fourth-order valence-corrected chi connectivity index (χ4v) is 5.54. The fraction of sp³-hybridized carbons (Fsp3) is 0.579. The lowest BCUT2D eigenvalue weighted by Crippen LogP contribution is -2.62. The highest BCUT2D eigenvalue weighted by Gasteiger charge is 2.51. The number of halogens is 2. The molecule has 4 fully saturated rings. The zero-order chi connectivity index (χ0) is 18.3. The zero-order valence-corrected chi connectivity index (χ0v) is 14.5. The monoisotopic (exact) mass is 363 g/mol. The summed E-state index contributed by atoms with van der Waals surface area (Å²) in [5.41, 5.74) is -0.561. The second-order valence-corrected chi connectivity index (χ2v) is 8.15. The van der Waals surface area contributed by atoms with Gasteiger partial charge in [0.15, 0.2) is 0 Å². The number of carbonyl (C=O) groups is 2. The average molecular weight is 363 g/mol. The summed E-state index contributed by atoms with van der Waals surface area (Å²) in [4.78, 5) is 24.2. The van der Waals surface area contributed by atoms with Crippen LogP contribution in [0.4, 0.5) is 19.3 Å². The van der Waals surface area contributed by atoms with E-state index in [0.717, 1.165) is 31.4 Å². The molecule has 5 nitrogen and oxygen atoms in total. The molecule has 0 saturated heterocycles. The molecular weight excluding hydrogens is 340 g/mol. The van der Waals surface area contributed by atoms with Crippen molar-refractivity contribution in [3.05, 3.63) is 29.8 Å². The van der Waals surface area contributed by atoms with E-state index in [9.17, 15) is 18.4 Å². The Bertz CT molecular complexity index is 682. The minimum atomic E-state index is -0.782. The summed E-state index contributed by atoms with van der Waals surface area (Å²) in [6, 6.07) is 2.92. The number of imide groups is 1. The Balaban J connectivity index is 1.30. The summed E-state index contributed by atoms with van der Waals surface area (Å²) in [5, 5.41) is 7.70. The van der Waals surface area contributed by atoms with Gasteiger partial charge in [0.05, 0.1) is 6.54 Å². The molecule has 1 aromatic carbocycles. The van der Waals surface area contributed by atoms with Gasteiger partial charge in [-0.2, -0.15) is 0 Å². The van der Waals surface area contributed by atoms with Gasteiger partial charge in [-0.25, -0.2) is 13.6 Å². The van der Waals surface area contributed by atoms with Crippen LogP contribution < -0.4 is 16.0 Å². The predicted molar refractivity (Wildman–Crippen MR) is 92.4 cm³/mol. The maximum atomic E-state index is 13.5. The van der Waals surface area contributed by atoms with E-state index < -0.39 is 23.6 Å². The van der Waals surface area contributed by atoms with Gasteiger partial charge in [-0.1, -0.05) is 6.07 Å². The number of hydrogen-bond acceptors (Lipinski definition) is 3. The molecule has 1 aromatic rings. The molecule has 4 aliphatic rings. The summed E-state index contributed by atoms with van der Waals surface area (Å²) in [6.07, 6.45) is 6.75. The van der Waals surface area contributed by atoms with Gasteiger partial charge in [-0.05, 0) is 68.4 Å². The minimum Gasteiger partial charge on any atom is -0.371 e. The maximum Gasteiger partial charge on any atom is 0.321 e. The van der Waals surface area contributed by atoms with Crippen LogP contribution in [0.15, 0.2) is 18.2 Å². The average Bonchev–Trinajstić information content (AvgIpc) is 2.52. The molecule has 0 unspecified atom stereocenters. The van der Waals surface area contributed by atoms with Gasteiger partial charge in [0.2, 0.25) is 5.91 Å². The SMILES string of the molecule is O=C(CNc1c(F)cccc1F)NC(=O)NC12CC3CC(CC(C3)C1)C2. The Hall–Kier alpha value is -2.18. The van der Waals surface area contributed by atoms with Crippen molar-refractivity contribution in [2.24, 2.45) is 17.8 Å². The fourth-order valence-electron chi connectivity index (χ4n) is 5.54. The van der Waals surface area contributed by atoms with E-state index in [1.54, 1.807) is 0 Å². The third-order valence-electron chi connectivity index (χ3n) is 6.06. The number of urea groups is 1. The van der Waals surface area contributed by atoms with Crippen LogP contribution in [0, 0.1) is 29.4 Å². The number of nitrogens with one attached hydrogen (secondary N) is 3.